The summed E-state index contributed by atoms with van der Waals surface area (Å²) in [4.78, 5) is 8.73. The smallest absolute Gasteiger partial charge is 0.107 e. The molecule has 0 saturated carbocycles. The zero-order chi connectivity index (χ0) is 14.6. The number of hydrogen-bond acceptors (Lipinski definition) is 4. The molecular formula is C16H29N3S. The molecule has 2 heterocycles. The van der Waals surface area contributed by atoms with Gasteiger partial charge in [0.05, 0.1) is 12.2 Å². The molecule has 0 aromatic carbocycles. The molecule has 1 aromatic rings. The van der Waals surface area contributed by atoms with Crippen LogP contribution in [0.5, 0.6) is 0 Å². The third-order valence-corrected chi connectivity index (χ3v) is 5.29. The van der Waals surface area contributed by atoms with Gasteiger partial charge in [-0.05, 0) is 46.2 Å². The first-order valence-corrected chi connectivity index (χ1v) is 8.82. The van der Waals surface area contributed by atoms with Gasteiger partial charge in [-0.1, -0.05) is 26.2 Å². The lowest BCUT2D eigenvalue weighted by molar-refractivity contribution is 0.276. The minimum absolute atomic E-state index is 0.265. The molecule has 0 radical (unpaired) electrons. The number of hydrogen-bond donors (Lipinski definition) is 1. The molecule has 4 heteroatoms. The Bertz CT molecular complexity index is 412. The first kappa shape index (κ1) is 15.9. The molecule has 1 aromatic heterocycles. The zero-order valence-electron chi connectivity index (χ0n) is 13.2. The lowest BCUT2D eigenvalue weighted by atomic mass is 10.0. The van der Waals surface area contributed by atoms with Crippen molar-refractivity contribution in [3.63, 3.8) is 0 Å². The molecule has 1 fully saturated rings. The van der Waals surface area contributed by atoms with Crippen LogP contribution >= 0.6 is 11.3 Å². The average molecular weight is 295 g/mol. The summed E-state index contributed by atoms with van der Waals surface area (Å²) in [6.07, 6.45) is 7.63. The molecule has 1 saturated heterocycles. The predicted molar refractivity (Wildman–Crippen MR) is 87.1 cm³/mol. The second-order valence-electron chi connectivity index (χ2n) is 6.55. The third-order valence-electron chi connectivity index (χ3n) is 3.87. The van der Waals surface area contributed by atoms with E-state index < -0.39 is 0 Å². The number of nitrogens with zero attached hydrogens (tertiary/aromatic N) is 2. The summed E-state index contributed by atoms with van der Waals surface area (Å²) < 4.78 is 0. The van der Waals surface area contributed by atoms with Crippen LogP contribution in [0.1, 0.15) is 68.5 Å². The number of aryl methyl sites for hydroxylation is 1. The fourth-order valence-corrected chi connectivity index (χ4v) is 4.03. The summed E-state index contributed by atoms with van der Waals surface area (Å²) in [5.74, 6) is 0. The Morgan fingerprint density at radius 3 is 2.40 bits per heavy atom. The van der Waals surface area contributed by atoms with E-state index in [1.807, 2.05) is 11.3 Å². The Labute approximate surface area is 127 Å². The number of likely N-dealkylation sites (tertiary alicyclic amines) is 1. The summed E-state index contributed by atoms with van der Waals surface area (Å²) in [5.41, 5.74) is 7.28. The van der Waals surface area contributed by atoms with E-state index in [0.29, 0.717) is 0 Å². The largest absolute Gasteiger partial charge is 0.321 e. The summed E-state index contributed by atoms with van der Waals surface area (Å²) in [7, 11) is 0. The first-order chi connectivity index (χ1) is 9.50. The quantitative estimate of drug-likeness (QED) is 0.901. The van der Waals surface area contributed by atoms with Crippen LogP contribution in [0.3, 0.4) is 0 Å². The Kier molecular flexibility index (Phi) is 5.58. The van der Waals surface area contributed by atoms with Crippen LogP contribution in [-0.4, -0.2) is 23.0 Å². The van der Waals surface area contributed by atoms with Gasteiger partial charge in [-0.3, -0.25) is 4.90 Å². The van der Waals surface area contributed by atoms with Gasteiger partial charge in [0.15, 0.2) is 0 Å². The van der Waals surface area contributed by atoms with Crippen molar-refractivity contribution in [3.05, 3.63) is 15.6 Å². The maximum Gasteiger partial charge on any atom is 0.107 e. The molecule has 0 atom stereocenters. The molecule has 0 amide bonds. The molecule has 2 rings (SSSR count). The van der Waals surface area contributed by atoms with E-state index in [0.717, 1.165) is 19.4 Å². The van der Waals surface area contributed by atoms with Crippen molar-refractivity contribution in [2.45, 2.75) is 71.4 Å². The number of nitrogens with two attached hydrogens (primary N) is 1. The topological polar surface area (TPSA) is 42.2 Å². The van der Waals surface area contributed by atoms with Crippen molar-refractivity contribution >= 4 is 11.3 Å². The van der Waals surface area contributed by atoms with E-state index in [2.05, 4.69) is 25.7 Å². The van der Waals surface area contributed by atoms with Crippen LogP contribution in [0.2, 0.25) is 0 Å². The fourth-order valence-electron chi connectivity index (χ4n) is 2.86. The van der Waals surface area contributed by atoms with Gasteiger partial charge in [-0.25, -0.2) is 4.98 Å². The van der Waals surface area contributed by atoms with E-state index in [9.17, 15) is 0 Å². The van der Waals surface area contributed by atoms with Crippen LogP contribution in [0, 0.1) is 0 Å². The Hall–Kier alpha value is -0.450. The van der Waals surface area contributed by atoms with Crippen molar-refractivity contribution in [3.8, 4) is 0 Å². The van der Waals surface area contributed by atoms with E-state index >= 15 is 0 Å². The molecule has 0 bridgehead atoms. The molecule has 0 unspecified atom stereocenters. The lowest BCUT2D eigenvalue weighted by Gasteiger charge is -2.18. The van der Waals surface area contributed by atoms with Crippen molar-refractivity contribution in [2.75, 3.05) is 13.1 Å². The van der Waals surface area contributed by atoms with Crippen molar-refractivity contribution < 1.29 is 0 Å². The molecule has 3 nitrogen and oxygen atoms in total. The van der Waals surface area contributed by atoms with Gasteiger partial charge in [-0.2, -0.15) is 0 Å². The monoisotopic (exact) mass is 295 g/mol. The molecular weight excluding hydrogens is 266 g/mol. The Balaban J connectivity index is 2.11. The Morgan fingerprint density at radius 2 is 1.85 bits per heavy atom. The minimum Gasteiger partial charge on any atom is -0.321 e. The normalized spacial score (nSPS) is 18.2. The van der Waals surface area contributed by atoms with Gasteiger partial charge in [0.2, 0.25) is 0 Å². The molecule has 2 N–H and O–H groups in total. The molecule has 1 aliphatic rings. The molecule has 20 heavy (non-hydrogen) atoms. The summed E-state index contributed by atoms with van der Waals surface area (Å²) >= 11 is 1.83. The van der Waals surface area contributed by atoms with E-state index in [1.54, 1.807) is 0 Å². The molecule has 0 spiro atoms. The van der Waals surface area contributed by atoms with Crippen molar-refractivity contribution in [1.82, 2.24) is 9.88 Å². The van der Waals surface area contributed by atoms with E-state index in [1.165, 1.54) is 54.4 Å². The highest BCUT2D eigenvalue weighted by Gasteiger charge is 2.23. The van der Waals surface area contributed by atoms with Crippen LogP contribution in [-0.2, 0) is 18.5 Å². The fraction of sp³-hybridized carbons (Fsp3) is 0.812. The molecule has 0 aliphatic carbocycles. The molecule has 114 valence electrons. The third kappa shape index (κ3) is 4.27. The standard InChI is InChI=1S/C16H29N3S/c1-4-9-13-15(16(2,3)17)20-14(18-13)12-19-10-7-5-6-8-11-19/h4-12,17H2,1-3H3. The van der Waals surface area contributed by atoms with Gasteiger partial charge < -0.3 is 5.73 Å². The van der Waals surface area contributed by atoms with Gasteiger partial charge in [-0.15, -0.1) is 11.3 Å². The van der Waals surface area contributed by atoms with Crippen molar-refractivity contribution in [1.29, 1.82) is 0 Å². The van der Waals surface area contributed by atoms with Crippen LogP contribution < -0.4 is 5.73 Å². The zero-order valence-corrected chi connectivity index (χ0v) is 14.1. The second kappa shape index (κ2) is 7.01. The van der Waals surface area contributed by atoms with Crippen LogP contribution in [0.25, 0.3) is 0 Å². The number of thiazole rings is 1. The maximum atomic E-state index is 6.32. The Morgan fingerprint density at radius 1 is 1.20 bits per heavy atom. The predicted octanol–water partition coefficient (Wildman–Crippen LogP) is 3.67. The van der Waals surface area contributed by atoms with Crippen LogP contribution in [0.15, 0.2) is 0 Å². The SMILES string of the molecule is CCCc1nc(CN2CCCCCC2)sc1C(C)(C)N. The number of aromatic nitrogens is 1. The highest BCUT2D eigenvalue weighted by Crippen LogP contribution is 2.30. The van der Waals surface area contributed by atoms with Gasteiger partial charge >= 0.3 is 0 Å². The van der Waals surface area contributed by atoms with Crippen molar-refractivity contribution in [2.24, 2.45) is 5.73 Å². The highest BCUT2D eigenvalue weighted by molar-refractivity contribution is 7.11. The summed E-state index contributed by atoms with van der Waals surface area (Å²) in [6, 6.07) is 0. The van der Waals surface area contributed by atoms with Gasteiger partial charge in [0, 0.05) is 10.4 Å². The van der Waals surface area contributed by atoms with E-state index in [4.69, 9.17) is 10.7 Å². The van der Waals surface area contributed by atoms with E-state index in [-0.39, 0.29) is 5.54 Å². The van der Waals surface area contributed by atoms with Gasteiger partial charge in [0.1, 0.15) is 5.01 Å². The summed E-state index contributed by atoms with van der Waals surface area (Å²) in [6.45, 7) is 9.86. The lowest BCUT2D eigenvalue weighted by Crippen LogP contribution is -2.28. The van der Waals surface area contributed by atoms with Gasteiger partial charge in [0.25, 0.3) is 0 Å². The highest BCUT2D eigenvalue weighted by atomic mass is 32.1. The second-order valence-corrected chi connectivity index (χ2v) is 7.63. The van der Waals surface area contributed by atoms with Crippen LogP contribution in [0.4, 0.5) is 0 Å². The average Bonchev–Trinajstić information content (AvgIpc) is 2.59. The molecule has 1 aliphatic heterocycles. The summed E-state index contributed by atoms with van der Waals surface area (Å²) in [5, 5.41) is 1.25. The minimum atomic E-state index is -0.265. The number of rotatable bonds is 5. The maximum absolute atomic E-state index is 6.32. The first-order valence-electron chi connectivity index (χ1n) is 8.01.